The van der Waals surface area contributed by atoms with Crippen LogP contribution in [0, 0.1) is 6.92 Å². The summed E-state index contributed by atoms with van der Waals surface area (Å²) in [5.74, 6) is 0.160. The largest absolute Gasteiger partial charge is 0.333 e. The van der Waals surface area contributed by atoms with Crippen molar-refractivity contribution in [2.75, 3.05) is 19.6 Å². The third-order valence-corrected chi connectivity index (χ3v) is 4.95. The molecule has 16 heavy (non-hydrogen) atoms. The minimum Gasteiger partial charge on any atom is -0.333 e. The summed E-state index contributed by atoms with van der Waals surface area (Å²) in [4.78, 5) is 15.0. The molecule has 1 atom stereocenters. The first-order valence-corrected chi connectivity index (χ1v) is 6.98. The van der Waals surface area contributed by atoms with Crippen molar-refractivity contribution in [1.82, 2.24) is 10.2 Å². The highest BCUT2D eigenvalue weighted by atomic mass is 79.9. The third-order valence-electron chi connectivity index (χ3n) is 2.83. The van der Waals surface area contributed by atoms with E-state index in [1.807, 2.05) is 17.9 Å². The summed E-state index contributed by atoms with van der Waals surface area (Å²) in [5, 5.41) is 3.29. The first kappa shape index (κ1) is 12.1. The molecule has 1 aromatic rings. The number of nitrogens with zero attached hydrogens (tertiary/aromatic N) is 1. The maximum absolute atomic E-state index is 12.3. The Kier molecular flexibility index (Phi) is 3.66. The van der Waals surface area contributed by atoms with Crippen molar-refractivity contribution < 1.29 is 4.79 Å². The third kappa shape index (κ3) is 2.31. The molecule has 5 heteroatoms. The summed E-state index contributed by atoms with van der Waals surface area (Å²) in [6.45, 7) is 6.67. The van der Waals surface area contributed by atoms with Crippen LogP contribution in [0.1, 0.15) is 22.2 Å². The molecule has 88 valence electrons. The Labute approximate surface area is 108 Å². The van der Waals surface area contributed by atoms with Crippen molar-refractivity contribution in [3.05, 3.63) is 20.3 Å². The molecule has 1 amide bonds. The Hall–Kier alpha value is -0.390. The van der Waals surface area contributed by atoms with Crippen molar-refractivity contribution in [3.8, 4) is 0 Å². The van der Waals surface area contributed by atoms with Gasteiger partial charge in [-0.2, -0.15) is 0 Å². The fourth-order valence-electron chi connectivity index (χ4n) is 1.85. The number of nitrogens with one attached hydrogen (secondary N) is 1. The van der Waals surface area contributed by atoms with Crippen molar-refractivity contribution in [2.45, 2.75) is 19.9 Å². The summed E-state index contributed by atoms with van der Waals surface area (Å²) in [5.41, 5.74) is 1.14. The molecule has 0 saturated carbocycles. The minimum atomic E-state index is 0.160. The lowest BCUT2D eigenvalue weighted by molar-refractivity contribution is 0.0661. The van der Waals surface area contributed by atoms with Crippen LogP contribution >= 0.6 is 27.3 Å². The second-order valence-corrected chi connectivity index (χ2v) is 6.49. The molecule has 1 fully saturated rings. The van der Waals surface area contributed by atoms with Gasteiger partial charge in [-0.15, -0.1) is 11.3 Å². The van der Waals surface area contributed by atoms with Crippen molar-refractivity contribution >= 4 is 33.2 Å². The first-order chi connectivity index (χ1) is 7.59. The van der Waals surface area contributed by atoms with Crippen LogP contribution in [0.25, 0.3) is 0 Å². The maximum Gasteiger partial charge on any atom is 0.264 e. The number of carbonyl (C=O) groups is 1. The number of piperazine rings is 1. The van der Waals surface area contributed by atoms with E-state index in [9.17, 15) is 4.79 Å². The average molecular weight is 303 g/mol. The zero-order valence-corrected chi connectivity index (χ0v) is 11.8. The van der Waals surface area contributed by atoms with Crippen LogP contribution in [0.4, 0.5) is 0 Å². The average Bonchev–Trinajstić information content (AvgIpc) is 2.59. The van der Waals surface area contributed by atoms with Gasteiger partial charge in [-0.25, -0.2) is 0 Å². The van der Waals surface area contributed by atoms with Gasteiger partial charge in [0.2, 0.25) is 0 Å². The van der Waals surface area contributed by atoms with Crippen LogP contribution < -0.4 is 5.32 Å². The molecular weight excluding hydrogens is 288 g/mol. The number of halogens is 1. The fraction of sp³-hybridized carbons (Fsp3) is 0.545. The fourth-order valence-corrected chi connectivity index (χ4v) is 3.34. The molecule has 1 saturated heterocycles. The zero-order chi connectivity index (χ0) is 11.7. The first-order valence-electron chi connectivity index (χ1n) is 5.37. The molecule has 2 rings (SSSR count). The molecule has 0 aromatic carbocycles. The lowest BCUT2D eigenvalue weighted by Crippen LogP contribution is -2.52. The molecule has 1 aromatic heterocycles. The predicted molar refractivity (Wildman–Crippen MR) is 70.1 cm³/mol. The van der Waals surface area contributed by atoms with Crippen molar-refractivity contribution in [3.63, 3.8) is 0 Å². The van der Waals surface area contributed by atoms with Crippen LogP contribution in [0.15, 0.2) is 9.85 Å². The van der Waals surface area contributed by atoms with Gasteiger partial charge in [-0.1, -0.05) is 0 Å². The Morgan fingerprint density at radius 2 is 2.44 bits per heavy atom. The molecule has 1 aliphatic heterocycles. The van der Waals surface area contributed by atoms with E-state index in [0.717, 1.165) is 33.9 Å². The maximum atomic E-state index is 12.3. The number of aryl methyl sites for hydroxylation is 1. The van der Waals surface area contributed by atoms with Crippen LogP contribution in [0.5, 0.6) is 0 Å². The SMILES string of the molecule is Cc1cc(C(=O)N2CCNC[C@@H]2C)sc1Br. The van der Waals surface area contributed by atoms with Gasteiger partial charge < -0.3 is 10.2 Å². The van der Waals surface area contributed by atoms with Crippen LogP contribution in [-0.2, 0) is 0 Å². The topological polar surface area (TPSA) is 32.3 Å². The highest BCUT2D eigenvalue weighted by Crippen LogP contribution is 2.28. The smallest absolute Gasteiger partial charge is 0.264 e. The molecular formula is C11H15BrN2OS. The molecule has 0 spiro atoms. The highest BCUT2D eigenvalue weighted by Gasteiger charge is 2.25. The highest BCUT2D eigenvalue weighted by molar-refractivity contribution is 9.11. The van der Waals surface area contributed by atoms with Gasteiger partial charge in [0, 0.05) is 25.7 Å². The number of thiophene rings is 1. The quantitative estimate of drug-likeness (QED) is 0.863. The molecule has 0 aliphatic carbocycles. The van der Waals surface area contributed by atoms with Gasteiger partial charge in [-0.3, -0.25) is 4.79 Å². The van der Waals surface area contributed by atoms with E-state index in [1.54, 1.807) is 0 Å². The number of carbonyl (C=O) groups excluding carboxylic acids is 1. The van der Waals surface area contributed by atoms with Gasteiger partial charge in [0.25, 0.3) is 5.91 Å². The molecule has 0 bridgehead atoms. The predicted octanol–water partition coefficient (Wildman–Crippen LogP) is 2.25. The Morgan fingerprint density at radius 3 is 3.00 bits per heavy atom. The summed E-state index contributed by atoms with van der Waals surface area (Å²) in [6.07, 6.45) is 0. The van der Waals surface area contributed by atoms with Gasteiger partial charge in [-0.05, 0) is 41.4 Å². The van der Waals surface area contributed by atoms with Crippen molar-refractivity contribution in [2.24, 2.45) is 0 Å². The molecule has 3 nitrogen and oxygen atoms in total. The molecule has 0 unspecified atom stereocenters. The summed E-state index contributed by atoms with van der Waals surface area (Å²) in [7, 11) is 0. The van der Waals surface area contributed by atoms with E-state index in [-0.39, 0.29) is 11.9 Å². The standard InChI is InChI=1S/C11H15BrN2OS/c1-7-5-9(16-10(7)12)11(15)14-4-3-13-6-8(14)2/h5,8,13H,3-4,6H2,1-2H3/t8-/m0/s1. The van der Waals surface area contributed by atoms with E-state index in [2.05, 4.69) is 28.2 Å². The lowest BCUT2D eigenvalue weighted by Gasteiger charge is -2.33. The minimum absolute atomic E-state index is 0.160. The summed E-state index contributed by atoms with van der Waals surface area (Å²) in [6, 6.07) is 2.24. The Balaban J connectivity index is 2.17. The zero-order valence-electron chi connectivity index (χ0n) is 9.42. The van der Waals surface area contributed by atoms with Gasteiger partial charge in [0.05, 0.1) is 8.66 Å². The van der Waals surface area contributed by atoms with E-state index < -0.39 is 0 Å². The number of rotatable bonds is 1. The Morgan fingerprint density at radius 1 is 1.69 bits per heavy atom. The number of hydrogen-bond acceptors (Lipinski definition) is 3. The summed E-state index contributed by atoms with van der Waals surface area (Å²) >= 11 is 4.98. The van der Waals surface area contributed by atoms with Crippen LogP contribution in [0.2, 0.25) is 0 Å². The molecule has 2 heterocycles. The van der Waals surface area contributed by atoms with Crippen molar-refractivity contribution in [1.29, 1.82) is 0 Å². The molecule has 1 N–H and O–H groups in total. The number of amides is 1. The molecule has 0 radical (unpaired) electrons. The van der Waals surface area contributed by atoms with Gasteiger partial charge >= 0.3 is 0 Å². The van der Waals surface area contributed by atoms with E-state index >= 15 is 0 Å². The van der Waals surface area contributed by atoms with Gasteiger partial charge in [0.15, 0.2) is 0 Å². The summed E-state index contributed by atoms with van der Waals surface area (Å²) < 4.78 is 1.05. The molecule has 1 aliphatic rings. The second kappa shape index (κ2) is 4.85. The monoisotopic (exact) mass is 302 g/mol. The van der Waals surface area contributed by atoms with Crippen LogP contribution in [0.3, 0.4) is 0 Å². The normalized spacial score (nSPS) is 21.2. The van der Waals surface area contributed by atoms with E-state index in [1.165, 1.54) is 11.3 Å². The second-order valence-electron chi connectivity index (χ2n) is 4.12. The van der Waals surface area contributed by atoms with Gasteiger partial charge in [0.1, 0.15) is 0 Å². The van der Waals surface area contributed by atoms with Crippen LogP contribution in [-0.4, -0.2) is 36.5 Å². The lowest BCUT2D eigenvalue weighted by atomic mass is 10.2. The Bertz CT molecular complexity index is 385. The number of hydrogen-bond donors (Lipinski definition) is 1. The van der Waals surface area contributed by atoms with E-state index in [0.29, 0.717) is 0 Å². The van der Waals surface area contributed by atoms with E-state index in [4.69, 9.17) is 0 Å².